The molecule has 1 aromatic carbocycles. The van der Waals surface area contributed by atoms with Crippen molar-refractivity contribution >= 4 is 5.95 Å². The Kier molecular flexibility index (Phi) is 3.23. The van der Waals surface area contributed by atoms with Crippen molar-refractivity contribution in [2.45, 2.75) is 45.2 Å². The van der Waals surface area contributed by atoms with E-state index in [-0.39, 0.29) is 11.5 Å². The van der Waals surface area contributed by atoms with E-state index >= 15 is 0 Å². The molecule has 0 radical (unpaired) electrons. The SMILES string of the molecule is CC(C)(C)c1cn2c(n1)NC(c1ccc(F)c(F)c1)CC2. The minimum atomic E-state index is -0.814. The van der Waals surface area contributed by atoms with Crippen molar-refractivity contribution in [2.75, 3.05) is 5.32 Å². The topological polar surface area (TPSA) is 29.9 Å². The van der Waals surface area contributed by atoms with Gasteiger partial charge in [0.25, 0.3) is 0 Å². The molecule has 0 spiro atoms. The number of nitrogens with zero attached hydrogens (tertiary/aromatic N) is 2. The molecule has 1 aliphatic rings. The molecule has 2 heterocycles. The summed E-state index contributed by atoms with van der Waals surface area (Å²) in [4.78, 5) is 4.62. The molecule has 0 bridgehead atoms. The lowest BCUT2D eigenvalue weighted by molar-refractivity contribution is 0.499. The maximum absolute atomic E-state index is 13.4. The molecular formula is C16H19F2N3. The lowest BCUT2D eigenvalue weighted by Gasteiger charge is -2.25. The van der Waals surface area contributed by atoms with Gasteiger partial charge in [-0.1, -0.05) is 26.8 Å². The van der Waals surface area contributed by atoms with E-state index in [9.17, 15) is 8.78 Å². The fraction of sp³-hybridized carbons (Fsp3) is 0.438. The summed E-state index contributed by atoms with van der Waals surface area (Å²) in [5, 5.41) is 3.32. The van der Waals surface area contributed by atoms with Gasteiger partial charge in [0.1, 0.15) is 0 Å². The van der Waals surface area contributed by atoms with Crippen LogP contribution in [0.1, 0.15) is 44.5 Å². The number of benzene rings is 1. The molecule has 112 valence electrons. The average Bonchev–Trinajstić information content (AvgIpc) is 2.85. The van der Waals surface area contributed by atoms with E-state index in [2.05, 4.69) is 41.8 Å². The normalized spacial score (nSPS) is 18.2. The Morgan fingerprint density at radius 3 is 2.67 bits per heavy atom. The Morgan fingerprint density at radius 2 is 2.00 bits per heavy atom. The molecule has 0 amide bonds. The van der Waals surface area contributed by atoms with Gasteiger partial charge >= 0.3 is 0 Å². The molecule has 0 aliphatic carbocycles. The van der Waals surface area contributed by atoms with Crippen LogP contribution in [0.4, 0.5) is 14.7 Å². The van der Waals surface area contributed by atoms with Crippen LogP contribution in [0.3, 0.4) is 0 Å². The Hall–Kier alpha value is -1.91. The third kappa shape index (κ3) is 2.64. The summed E-state index contributed by atoms with van der Waals surface area (Å²) in [7, 11) is 0. The van der Waals surface area contributed by atoms with Crippen molar-refractivity contribution < 1.29 is 8.78 Å². The van der Waals surface area contributed by atoms with Gasteiger partial charge in [0.15, 0.2) is 11.6 Å². The molecule has 3 rings (SSSR count). The molecule has 1 unspecified atom stereocenters. The molecule has 1 atom stereocenters. The number of fused-ring (bicyclic) bond motifs is 1. The summed E-state index contributed by atoms with van der Waals surface area (Å²) < 4.78 is 28.5. The highest BCUT2D eigenvalue weighted by molar-refractivity contribution is 5.38. The molecule has 21 heavy (non-hydrogen) atoms. The summed E-state index contributed by atoms with van der Waals surface area (Å²) in [6, 6.07) is 4.02. The fourth-order valence-corrected chi connectivity index (χ4v) is 2.54. The fourth-order valence-electron chi connectivity index (χ4n) is 2.54. The predicted molar refractivity (Wildman–Crippen MR) is 78.3 cm³/mol. The second kappa shape index (κ2) is 4.83. The van der Waals surface area contributed by atoms with Crippen LogP contribution in [-0.2, 0) is 12.0 Å². The van der Waals surface area contributed by atoms with Crippen molar-refractivity contribution in [2.24, 2.45) is 0 Å². The van der Waals surface area contributed by atoms with Gasteiger partial charge in [0.05, 0.1) is 11.7 Å². The van der Waals surface area contributed by atoms with Crippen molar-refractivity contribution in [3.05, 3.63) is 47.3 Å². The number of hydrogen-bond acceptors (Lipinski definition) is 2. The first-order chi connectivity index (χ1) is 9.84. The van der Waals surface area contributed by atoms with Crippen LogP contribution in [-0.4, -0.2) is 9.55 Å². The van der Waals surface area contributed by atoms with Crippen molar-refractivity contribution in [1.82, 2.24) is 9.55 Å². The number of rotatable bonds is 1. The molecule has 0 saturated carbocycles. The minimum absolute atomic E-state index is 0.0104. The molecule has 1 N–H and O–H groups in total. The monoisotopic (exact) mass is 291 g/mol. The standard InChI is InChI=1S/C16H19F2N3/c1-16(2,3)14-9-21-7-6-13(19-15(21)20-14)10-4-5-11(17)12(18)8-10/h4-5,8-9,13H,6-7H2,1-3H3,(H,19,20). The molecule has 2 aromatic rings. The summed E-state index contributed by atoms with van der Waals surface area (Å²) in [6.07, 6.45) is 2.88. The Bertz CT molecular complexity index is 671. The second-order valence-corrected chi connectivity index (χ2v) is 6.55. The molecule has 1 aliphatic heterocycles. The Balaban J connectivity index is 1.87. The van der Waals surface area contributed by atoms with Gasteiger partial charge in [0.2, 0.25) is 5.95 Å². The molecule has 5 heteroatoms. The quantitative estimate of drug-likeness (QED) is 0.860. The predicted octanol–water partition coefficient (Wildman–Crippen LogP) is 4.02. The second-order valence-electron chi connectivity index (χ2n) is 6.55. The zero-order valence-electron chi connectivity index (χ0n) is 12.5. The van der Waals surface area contributed by atoms with Crippen molar-refractivity contribution in [3.63, 3.8) is 0 Å². The first kappa shape index (κ1) is 14.0. The third-order valence-electron chi connectivity index (χ3n) is 3.85. The van der Waals surface area contributed by atoms with Crippen LogP contribution in [0.5, 0.6) is 0 Å². The first-order valence-electron chi connectivity index (χ1n) is 7.14. The number of imidazole rings is 1. The Labute approximate surface area is 123 Å². The van der Waals surface area contributed by atoms with Crippen LogP contribution in [0.15, 0.2) is 24.4 Å². The summed E-state index contributed by atoms with van der Waals surface area (Å²) in [5.41, 5.74) is 1.76. The first-order valence-corrected chi connectivity index (χ1v) is 7.14. The van der Waals surface area contributed by atoms with Gasteiger partial charge < -0.3 is 9.88 Å². The highest BCUT2D eigenvalue weighted by Crippen LogP contribution is 2.31. The van der Waals surface area contributed by atoms with Gasteiger partial charge in [-0.15, -0.1) is 0 Å². The highest BCUT2D eigenvalue weighted by Gasteiger charge is 2.25. The number of halogens is 2. The van der Waals surface area contributed by atoms with Gasteiger partial charge in [0, 0.05) is 18.2 Å². The molecule has 1 aromatic heterocycles. The van der Waals surface area contributed by atoms with E-state index in [0.717, 1.165) is 30.2 Å². The summed E-state index contributed by atoms with van der Waals surface area (Å²) in [6.45, 7) is 7.17. The van der Waals surface area contributed by atoms with E-state index in [4.69, 9.17) is 0 Å². The van der Waals surface area contributed by atoms with Crippen LogP contribution in [0, 0.1) is 11.6 Å². The highest BCUT2D eigenvalue weighted by atomic mass is 19.2. The minimum Gasteiger partial charge on any atom is -0.349 e. The smallest absolute Gasteiger partial charge is 0.203 e. The van der Waals surface area contributed by atoms with Crippen LogP contribution < -0.4 is 5.32 Å². The van der Waals surface area contributed by atoms with E-state index < -0.39 is 11.6 Å². The van der Waals surface area contributed by atoms with E-state index in [1.807, 2.05) is 0 Å². The van der Waals surface area contributed by atoms with E-state index in [1.165, 1.54) is 12.1 Å². The summed E-state index contributed by atoms with van der Waals surface area (Å²) >= 11 is 0. The van der Waals surface area contributed by atoms with Crippen LogP contribution in [0.25, 0.3) is 0 Å². The van der Waals surface area contributed by atoms with E-state index in [1.54, 1.807) is 6.07 Å². The molecule has 3 nitrogen and oxygen atoms in total. The zero-order chi connectivity index (χ0) is 15.2. The van der Waals surface area contributed by atoms with Crippen molar-refractivity contribution in [1.29, 1.82) is 0 Å². The maximum Gasteiger partial charge on any atom is 0.203 e. The summed E-state index contributed by atoms with van der Waals surface area (Å²) in [5.74, 6) is -0.828. The lowest BCUT2D eigenvalue weighted by atomic mass is 9.93. The third-order valence-corrected chi connectivity index (χ3v) is 3.85. The van der Waals surface area contributed by atoms with Crippen molar-refractivity contribution in [3.8, 4) is 0 Å². The largest absolute Gasteiger partial charge is 0.349 e. The zero-order valence-corrected chi connectivity index (χ0v) is 12.5. The average molecular weight is 291 g/mol. The van der Waals surface area contributed by atoms with Gasteiger partial charge in [-0.05, 0) is 24.1 Å². The molecule has 0 fully saturated rings. The number of nitrogens with one attached hydrogen (secondary N) is 1. The van der Waals surface area contributed by atoms with Gasteiger partial charge in [-0.25, -0.2) is 13.8 Å². The van der Waals surface area contributed by atoms with Gasteiger partial charge in [-0.2, -0.15) is 0 Å². The molecular weight excluding hydrogens is 272 g/mol. The maximum atomic E-state index is 13.4. The van der Waals surface area contributed by atoms with Gasteiger partial charge in [-0.3, -0.25) is 0 Å². The van der Waals surface area contributed by atoms with E-state index in [0.29, 0.717) is 0 Å². The van der Waals surface area contributed by atoms with Crippen LogP contribution >= 0.6 is 0 Å². The Morgan fingerprint density at radius 1 is 1.24 bits per heavy atom. The molecule has 0 saturated heterocycles. The number of anilines is 1. The lowest BCUT2D eigenvalue weighted by Crippen LogP contribution is -2.22. The van der Waals surface area contributed by atoms with Crippen LogP contribution in [0.2, 0.25) is 0 Å². The number of hydrogen-bond donors (Lipinski definition) is 1. The number of aryl methyl sites for hydroxylation is 1. The number of aromatic nitrogens is 2.